The second-order valence-electron chi connectivity index (χ2n) is 9.29. The summed E-state index contributed by atoms with van der Waals surface area (Å²) in [5, 5.41) is 1.76. The minimum Gasteiger partial charge on any atom is -0.368 e. The van der Waals surface area contributed by atoms with E-state index in [4.69, 9.17) is 0 Å². The second-order valence-corrected chi connectivity index (χ2v) is 12.4. The molecule has 0 saturated carbocycles. The first-order valence-corrected chi connectivity index (χ1v) is 14.4. The smallest absolute Gasteiger partial charge is 0.252 e. The Morgan fingerprint density at radius 2 is 1.56 bits per heavy atom. The Morgan fingerprint density at radius 3 is 2.17 bits per heavy atom. The minimum atomic E-state index is -3.64. The summed E-state index contributed by atoms with van der Waals surface area (Å²) in [4.78, 5) is 29.4. The monoisotopic (exact) mass is 523 g/mol. The largest absolute Gasteiger partial charge is 0.368 e. The number of benzene rings is 2. The molecule has 1 amide bonds. The number of hydrogen-bond donors (Lipinski definition) is 0. The van der Waals surface area contributed by atoms with Crippen molar-refractivity contribution in [2.75, 3.05) is 44.2 Å². The van der Waals surface area contributed by atoms with Gasteiger partial charge in [0.2, 0.25) is 5.91 Å². The molecule has 36 heavy (non-hydrogen) atoms. The molecule has 2 saturated heterocycles. The van der Waals surface area contributed by atoms with Crippen LogP contribution in [0.1, 0.15) is 28.8 Å². The molecular weight excluding hydrogens is 494 g/mol. The molecular formula is C27H29N3O4S2. The Bertz CT molecular complexity index is 1320. The fourth-order valence-corrected chi connectivity index (χ4v) is 7.75. The summed E-state index contributed by atoms with van der Waals surface area (Å²) >= 11 is 1.20. The summed E-state index contributed by atoms with van der Waals surface area (Å²) in [6.45, 7) is 4.55. The summed E-state index contributed by atoms with van der Waals surface area (Å²) in [5.41, 5.74) is 2.70. The molecule has 2 atom stereocenters. The van der Waals surface area contributed by atoms with Crippen molar-refractivity contribution in [1.82, 2.24) is 9.21 Å². The van der Waals surface area contributed by atoms with Gasteiger partial charge in [0.1, 0.15) is 4.21 Å². The van der Waals surface area contributed by atoms with Crippen LogP contribution in [0.25, 0.3) is 0 Å². The van der Waals surface area contributed by atoms with E-state index in [1.54, 1.807) is 24.4 Å². The van der Waals surface area contributed by atoms with Crippen molar-refractivity contribution in [2.45, 2.75) is 17.1 Å². The number of sulfonamides is 1. The zero-order chi connectivity index (χ0) is 25.3. The molecule has 2 aliphatic heterocycles. The minimum absolute atomic E-state index is 0.0133. The Labute approximate surface area is 216 Å². The van der Waals surface area contributed by atoms with Crippen molar-refractivity contribution >= 4 is 38.7 Å². The van der Waals surface area contributed by atoms with Crippen LogP contribution in [0.4, 0.5) is 5.69 Å². The van der Waals surface area contributed by atoms with Gasteiger partial charge in [0.15, 0.2) is 5.78 Å². The topological polar surface area (TPSA) is 78.0 Å². The molecule has 9 heteroatoms. The molecule has 0 radical (unpaired) electrons. The SMILES string of the molecule is CC(=O)c1ccc(N2CCN(C(=O)C3CN(S(=O)(=O)c4cccs4)CC3c3ccccc3)CC2)cc1. The summed E-state index contributed by atoms with van der Waals surface area (Å²) < 4.78 is 28.3. The molecule has 7 nitrogen and oxygen atoms in total. The summed E-state index contributed by atoms with van der Waals surface area (Å²) in [5.74, 6) is -0.565. The van der Waals surface area contributed by atoms with Crippen LogP contribution in [0.3, 0.4) is 0 Å². The normalized spacial score (nSPS) is 21.0. The van der Waals surface area contributed by atoms with E-state index in [2.05, 4.69) is 4.90 Å². The number of rotatable bonds is 6. The fraction of sp³-hybridized carbons (Fsp3) is 0.333. The van der Waals surface area contributed by atoms with Crippen molar-refractivity contribution < 1.29 is 18.0 Å². The summed E-state index contributed by atoms with van der Waals surface area (Å²) in [7, 11) is -3.64. The van der Waals surface area contributed by atoms with Gasteiger partial charge in [-0.15, -0.1) is 11.3 Å². The first-order chi connectivity index (χ1) is 17.3. The highest BCUT2D eigenvalue weighted by Gasteiger charge is 2.45. The van der Waals surface area contributed by atoms with Gasteiger partial charge in [-0.05, 0) is 48.2 Å². The predicted octanol–water partition coefficient (Wildman–Crippen LogP) is 3.70. The molecule has 3 aromatic rings. The number of ketones is 1. The highest BCUT2D eigenvalue weighted by atomic mass is 32.2. The van der Waals surface area contributed by atoms with Crippen LogP contribution in [-0.4, -0.2) is 68.6 Å². The maximum absolute atomic E-state index is 13.8. The number of carbonyl (C=O) groups is 2. The van der Waals surface area contributed by atoms with Gasteiger partial charge in [-0.2, -0.15) is 4.31 Å². The van der Waals surface area contributed by atoms with E-state index in [1.807, 2.05) is 59.5 Å². The number of piperazine rings is 1. The Hall–Kier alpha value is -3.01. The molecule has 1 aromatic heterocycles. The van der Waals surface area contributed by atoms with Crippen molar-refractivity contribution in [3.05, 3.63) is 83.2 Å². The number of carbonyl (C=O) groups excluding carboxylic acids is 2. The average molecular weight is 524 g/mol. The first-order valence-electron chi connectivity index (χ1n) is 12.1. The molecule has 5 rings (SSSR count). The third kappa shape index (κ3) is 4.83. The highest BCUT2D eigenvalue weighted by Crippen LogP contribution is 2.37. The van der Waals surface area contributed by atoms with Crippen molar-refractivity contribution in [1.29, 1.82) is 0 Å². The summed E-state index contributed by atoms with van der Waals surface area (Å²) in [6.07, 6.45) is 0. The van der Waals surface area contributed by atoms with Gasteiger partial charge in [0.05, 0.1) is 5.92 Å². The maximum Gasteiger partial charge on any atom is 0.252 e. The number of thiophene rings is 1. The van der Waals surface area contributed by atoms with Gasteiger partial charge in [-0.3, -0.25) is 9.59 Å². The van der Waals surface area contributed by atoms with E-state index in [0.29, 0.717) is 42.5 Å². The van der Waals surface area contributed by atoms with Crippen LogP contribution >= 0.6 is 11.3 Å². The van der Waals surface area contributed by atoms with Crippen LogP contribution in [0.5, 0.6) is 0 Å². The third-order valence-electron chi connectivity index (χ3n) is 7.15. The van der Waals surface area contributed by atoms with E-state index in [0.717, 1.165) is 11.3 Å². The lowest BCUT2D eigenvalue weighted by Gasteiger charge is -2.38. The van der Waals surface area contributed by atoms with Crippen LogP contribution in [-0.2, 0) is 14.8 Å². The van der Waals surface area contributed by atoms with Crippen LogP contribution < -0.4 is 4.90 Å². The van der Waals surface area contributed by atoms with Crippen molar-refractivity contribution in [3.63, 3.8) is 0 Å². The zero-order valence-corrected chi connectivity index (χ0v) is 21.7. The van der Waals surface area contributed by atoms with Crippen LogP contribution in [0.15, 0.2) is 76.3 Å². The molecule has 0 aliphatic carbocycles. The third-order valence-corrected chi connectivity index (χ3v) is 10.4. The molecule has 2 aliphatic rings. The van der Waals surface area contributed by atoms with E-state index in [-0.39, 0.29) is 24.2 Å². The van der Waals surface area contributed by atoms with Gasteiger partial charge in [-0.1, -0.05) is 36.4 Å². The Kier molecular flexibility index (Phi) is 6.96. The van der Waals surface area contributed by atoms with E-state index >= 15 is 0 Å². The lowest BCUT2D eigenvalue weighted by molar-refractivity contribution is -0.135. The zero-order valence-electron chi connectivity index (χ0n) is 20.1. The van der Waals surface area contributed by atoms with E-state index in [9.17, 15) is 18.0 Å². The van der Waals surface area contributed by atoms with Gasteiger partial charge in [0, 0.05) is 56.4 Å². The molecule has 0 spiro atoms. The predicted molar refractivity (Wildman–Crippen MR) is 141 cm³/mol. The fourth-order valence-electron chi connectivity index (χ4n) is 5.12. The molecule has 0 N–H and O–H groups in total. The highest BCUT2D eigenvalue weighted by molar-refractivity contribution is 7.91. The van der Waals surface area contributed by atoms with Crippen molar-refractivity contribution in [2.24, 2.45) is 5.92 Å². The molecule has 188 valence electrons. The number of nitrogens with zero attached hydrogens (tertiary/aromatic N) is 3. The molecule has 2 fully saturated rings. The molecule has 2 aromatic carbocycles. The Balaban J connectivity index is 1.31. The number of amides is 1. The van der Waals surface area contributed by atoms with E-state index in [1.165, 1.54) is 15.6 Å². The van der Waals surface area contributed by atoms with Crippen molar-refractivity contribution in [3.8, 4) is 0 Å². The molecule has 3 heterocycles. The quantitative estimate of drug-likeness (QED) is 0.461. The standard InChI is InChI=1S/C27H29N3O4S2/c1-20(31)21-9-11-23(12-10-21)28-13-15-29(16-14-28)27(32)25-19-30(36(33,34)26-8-5-17-35-26)18-24(25)22-6-3-2-4-7-22/h2-12,17,24-25H,13-16,18-19H2,1H3. The first kappa shape index (κ1) is 24.7. The summed E-state index contributed by atoms with van der Waals surface area (Å²) in [6, 6.07) is 20.7. The average Bonchev–Trinajstić information content (AvgIpc) is 3.61. The van der Waals surface area contributed by atoms with E-state index < -0.39 is 15.9 Å². The second kappa shape index (κ2) is 10.2. The van der Waals surface area contributed by atoms with Gasteiger partial charge < -0.3 is 9.80 Å². The van der Waals surface area contributed by atoms with Gasteiger partial charge in [0.25, 0.3) is 10.0 Å². The number of Topliss-reactive ketones (excluding diaryl/α,β-unsaturated/α-hetero) is 1. The number of anilines is 1. The van der Waals surface area contributed by atoms with Crippen LogP contribution in [0, 0.1) is 5.92 Å². The molecule has 2 unspecified atom stereocenters. The number of hydrogen-bond acceptors (Lipinski definition) is 6. The Morgan fingerprint density at radius 1 is 0.861 bits per heavy atom. The molecule has 0 bridgehead atoms. The lowest BCUT2D eigenvalue weighted by Crippen LogP contribution is -2.51. The lowest BCUT2D eigenvalue weighted by atomic mass is 9.88. The maximum atomic E-state index is 13.8. The van der Waals surface area contributed by atoms with Gasteiger partial charge >= 0.3 is 0 Å². The van der Waals surface area contributed by atoms with Gasteiger partial charge in [-0.25, -0.2) is 8.42 Å². The van der Waals surface area contributed by atoms with Crippen LogP contribution in [0.2, 0.25) is 0 Å².